The van der Waals surface area contributed by atoms with E-state index in [9.17, 15) is 4.79 Å². The lowest BCUT2D eigenvalue weighted by Gasteiger charge is -2.35. The molecule has 0 saturated heterocycles. The van der Waals surface area contributed by atoms with Crippen LogP contribution in [0.2, 0.25) is 10.0 Å². The summed E-state index contributed by atoms with van der Waals surface area (Å²) in [6.07, 6.45) is 2.34. The molecule has 2 aliphatic rings. The van der Waals surface area contributed by atoms with Crippen LogP contribution in [0.3, 0.4) is 0 Å². The Morgan fingerprint density at radius 1 is 1.06 bits per heavy atom. The van der Waals surface area contributed by atoms with Gasteiger partial charge >= 0.3 is 0 Å². The molecule has 0 fully saturated rings. The Balaban J connectivity index is 1.60. The zero-order chi connectivity index (χ0) is 24.0. The molecule has 176 valence electrons. The average Bonchev–Trinajstić information content (AvgIpc) is 3.31. The molecule has 1 N–H and O–H groups in total. The summed E-state index contributed by atoms with van der Waals surface area (Å²) in [6.45, 7) is 0. The number of carbonyl (C=O) groups is 1. The van der Waals surface area contributed by atoms with Crippen molar-refractivity contribution in [2.24, 2.45) is 0 Å². The number of rotatable bonds is 5. The number of Topliss-reactive ketones (excluding diaryl/α,β-unsaturated/α-hetero) is 1. The van der Waals surface area contributed by atoms with E-state index in [1.165, 1.54) is 6.33 Å². The van der Waals surface area contributed by atoms with Crippen molar-refractivity contribution in [3.63, 3.8) is 0 Å². The molecule has 2 heterocycles. The Hall–Kier alpha value is -3.23. The second-order valence-electron chi connectivity index (χ2n) is 8.08. The fourth-order valence-electron chi connectivity index (χ4n) is 4.74. The van der Waals surface area contributed by atoms with Gasteiger partial charge in [0.15, 0.2) is 17.3 Å². The van der Waals surface area contributed by atoms with Gasteiger partial charge in [0.2, 0.25) is 11.7 Å². The number of hydrogen-bond donors (Lipinski definition) is 1. The Kier molecular flexibility index (Phi) is 5.87. The minimum Gasteiger partial charge on any atom is -0.493 e. The van der Waals surface area contributed by atoms with Gasteiger partial charge in [-0.3, -0.25) is 4.79 Å². The zero-order valence-electron chi connectivity index (χ0n) is 18.8. The number of carbonyl (C=O) groups excluding carboxylic acids is 1. The highest BCUT2D eigenvalue weighted by molar-refractivity contribution is 6.42. The van der Waals surface area contributed by atoms with Crippen molar-refractivity contribution < 1.29 is 19.0 Å². The smallest absolute Gasteiger partial charge is 0.226 e. The first kappa shape index (κ1) is 22.6. The Morgan fingerprint density at radius 2 is 1.79 bits per heavy atom. The van der Waals surface area contributed by atoms with Gasteiger partial charge in [-0.2, -0.15) is 10.1 Å². The molecule has 1 aliphatic carbocycles. The van der Waals surface area contributed by atoms with Crippen LogP contribution in [0.25, 0.3) is 0 Å². The van der Waals surface area contributed by atoms with Crippen LogP contribution in [0.4, 0.5) is 5.95 Å². The standard InChI is InChI=1S/C24H22Cl2N4O4/c1-32-18-9-13(10-19(33-2)23(18)34-3)12-7-16-20(17(31)8-12)22(30-24(29-16)27-11-28-30)14-5-4-6-15(25)21(14)26/h4-6,9-12,22H,7-8H2,1-3H3,(H,27,28,29)/t12-,22+/m1/s1. The first-order chi connectivity index (χ1) is 16.5. The molecule has 1 aliphatic heterocycles. The van der Waals surface area contributed by atoms with E-state index in [2.05, 4.69) is 15.4 Å². The summed E-state index contributed by atoms with van der Waals surface area (Å²) in [5, 5.41) is 8.48. The quantitative estimate of drug-likeness (QED) is 0.525. The molecule has 5 rings (SSSR count). The largest absolute Gasteiger partial charge is 0.493 e. The topological polar surface area (TPSA) is 87.5 Å². The third-order valence-electron chi connectivity index (χ3n) is 6.30. The fraction of sp³-hybridized carbons (Fsp3) is 0.292. The minimum atomic E-state index is -0.520. The number of halogens is 2. The van der Waals surface area contributed by atoms with E-state index in [0.717, 1.165) is 11.3 Å². The van der Waals surface area contributed by atoms with Crippen molar-refractivity contribution in [2.45, 2.75) is 24.8 Å². The van der Waals surface area contributed by atoms with Gasteiger partial charge in [-0.1, -0.05) is 35.3 Å². The van der Waals surface area contributed by atoms with Crippen LogP contribution in [-0.2, 0) is 4.79 Å². The van der Waals surface area contributed by atoms with Crippen molar-refractivity contribution in [3.8, 4) is 17.2 Å². The second-order valence-corrected chi connectivity index (χ2v) is 8.86. The lowest BCUT2D eigenvalue weighted by Crippen LogP contribution is -2.33. The maximum absolute atomic E-state index is 13.6. The van der Waals surface area contributed by atoms with Gasteiger partial charge in [-0.25, -0.2) is 4.68 Å². The van der Waals surface area contributed by atoms with Crippen molar-refractivity contribution in [1.82, 2.24) is 14.8 Å². The van der Waals surface area contributed by atoms with Crippen LogP contribution in [-0.4, -0.2) is 41.9 Å². The second kappa shape index (κ2) is 8.85. The van der Waals surface area contributed by atoms with Crippen LogP contribution in [0.1, 0.15) is 35.9 Å². The molecule has 0 spiro atoms. The highest BCUT2D eigenvalue weighted by Gasteiger charge is 2.40. The summed E-state index contributed by atoms with van der Waals surface area (Å²) in [6, 6.07) is 8.65. The summed E-state index contributed by atoms with van der Waals surface area (Å²) in [5.41, 5.74) is 3.03. The van der Waals surface area contributed by atoms with E-state index in [-0.39, 0.29) is 11.7 Å². The number of anilines is 1. The molecular formula is C24H22Cl2N4O4. The third kappa shape index (κ3) is 3.58. The summed E-state index contributed by atoms with van der Waals surface area (Å²) in [7, 11) is 4.70. The lowest BCUT2D eigenvalue weighted by molar-refractivity contribution is -0.116. The Labute approximate surface area is 206 Å². The Morgan fingerprint density at radius 3 is 2.47 bits per heavy atom. The van der Waals surface area contributed by atoms with Crippen molar-refractivity contribution in [1.29, 1.82) is 0 Å². The molecule has 10 heteroatoms. The fourth-order valence-corrected chi connectivity index (χ4v) is 5.16. The van der Waals surface area contributed by atoms with Crippen LogP contribution in [0.5, 0.6) is 17.2 Å². The van der Waals surface area contributed by atoms with E-state index in [4.69, 9.17) is 37.4 Å². The average molecular weight is 501 g/mol. The van der Waals surface area contributed by atoms with Crippen LogP contribution < -0.4 is 19.5 Å². The molecule has 0 amide bonds. The van der Waals surface area contributed by atoms with Crippen LogP contribution >= 0.6 is 23.2 Å². The summed E-state index contributed by atoms with van der Waals surface area (Å²) < 4.78 is 18.1. The number of methoxy groups -OCH3 is 3. The van der Waals surface area contributed by atoms with Gasteiger partial charge < -0.3 is 19.5 Å². The molecule has 8 nitrogen and oxygen atoms in total. The van der Waals surface area contributed by atoms with E-state index in [1.807, 2.05) is 24.3 Å². The van der Waals surface area contributed by atoms with Crippen LogP contribution in [0.15, 0.2) is 47.9 Å². The summed E-state index contributed by atoms with van der Waals surface area (Å²) >= 11 is 12.9. The maximum Gasteiger partial charge on any atom is 0.226 e. The molecule has 34 heavy (non-hydrogen) atoms. The van der Waals surface area contributed by atoms with E-state index in [1.54, 1.807) is 32.1 Å². The molecule has 0 bridgehead atoms. The van der Waals surface area contributed by atoms with E-state index >= 15 is 0 Å². The highest BCUT2D eigenvalue weighted by atomic mass is 35.5. The SMILES string of the molecule is COc1cc([C@H]2CC(=O)C3=C(C2)Nc2ncnn2[C@H]3c2cccc(Cl)c2Cl)cc(OC)c1OC. The summed E-state index contributed by atoms with van der Waals surface area (Å²) in [5.74, 6) is 2.04. The molecular weight excluding hydrogens is 479 g/mol. The number of ether oxygens (including phenoxy) is 3. The number of ketones is 1. The highest BCUT2D eigenvalue weighted by Crippen LogP contribution is 2.48. The van der Waals surface area contributed by atoms with Crippen molar-refractivity contribution >= 4 is 34.9 Å². The van der Waals surface area contributed by atoms with E-state index < -0.39 is 6.04 Å². The number of benzene rings is 2. The molecule has 2 atom stereocenters. The van der Waals surface area contributed by atoms with Crippen molar-refractivity contribution in [2.75, 3.05) is 26.6 Å². The molecule has 2 aromatic carbocycles. The van der Waals surface area contributed by atoms with Gasteiger partial charge in [0.1, 0.15) is 12.4 Å². The van der Waals surface area contributed by atoms with Crippen molar-refractivity contribution in [3.05, 3.63) is 69.1 Å². The number of fused-ring (bicyclic) bond motifs is 1. The molecule has 0 saturated carbocycles. The monoisotopic (exact) mass is 500 g/mol. The predicted molar refractivity (Wildman–Crippen MR) is 128 cm³/mol. The van der Waals surface area contributed by atoms with Gasteiger partial charge in [0.25, 0.3) is 0 Å². The molecule has 1 aromatic heterocycles. The number of hydrogen-bond acceptors (Lipinski definition) is 7. The first-order valence-corrected chi connectivity index (χ1v) is 11.4. The molecule has 0 unspecified atom stereocenters. The lowest BCUT2D eigenvalue weighted by atomic mass is 9.77. The molecule has 0 radical (unpaired) electrons. The number of nitrogens with zero attached hydrogens (tertiary/aromatic N) is 3. The zero-order valence-corrected chi connectivity index (χ0v) is 20.3. The minimum absolute atomic E-state index is 0.00491. The maximum atomic E-state index is 13.6. The number of allylic oxidation sites excluding steroid dienone is 2. The predicted octanol–water partition coefficient (Wildman–Crippen LogP) is 5.03. The summed E-state index contributed by atoms with van der Waals surface area (Å²) in [4.78, 5) is 18.0. The normalized spacial score (nSPS) is 19.3. The van der Waals surface area contributed by atoms with Gasteiger partial charge in [-0.15, -0.1) is 0 Å². The first-order valence-electron chi connectivity index (χ1n) is 10.6. The van der Waals surface area contributed by atoms with Gasteiger partial charge in [-0.05, 0) is 36.1 Å². The third-order valence-corrected chi connectivity index (χ3v) is 7.13. The van der Waals surface area contributed by atoms with E-state index in [0.29, 0.717) is 57.2 Å². The molecule has 3 aromatic rings. The van der Waals surface area contributed by atoms with Gasteiger partial charge in [0.05, 0.1) is 31.4 Å². The van der Waals surface area contributed by atoms with Crippen LogP contribution in [0, 0.1) is 0 Å². The Bertz CT molecular complexity index is 1300. The number of nitrogens with one attached hydrogen (secondary N) is 1. The van der Waals surface area contributed by atoms with Gasteiger partial charge in [0, 0.05) is 23.3 Å². The number of aromatic nitrogens is 3.